The van der Waals surface area contributed by atoms with Crippen molar-refractivity contribution in [2.45, 2.75) is 6.92 Å². The number of carbonyl (C=O) groups excluding carboxylic acids is 1. The standard InChI is InChI=1S/C19H18N2O3S/c1-3-24-16-7-5-4-6-15(16)20-19-21-18(22)17(25-19)12-13-8-10-14(23-2)11-9-13/h4-12H,3H2,1-2H3,(H,20,21,22). The van der Waals surface area contributed by atoms with Gasteiger partial charge in [-0.1, -0.05) is 24.3 Å². The number of amidine groups is 1. The van der Waals surface area contributed by atoms with Crippen LogP contribution in [0.2, 0.25) is 0 Å². The van der Waals surface area contributed by atoms with E-state index in [0.29, 0.717) is 28.1 Å². The molecule has 1 aliphatic rings. The Morgan fingerprint density at radius 1 is 1.16 bits per heavy atom. The molecule has 0 spiro atoms. The molecule has 2 aromatic rings. The molecule has 6 heteroatoms. The van der Waals surface area contributed by atoms with Gasteiger partial charge in [-0.05, 0) is 54.6 Å². The van der Waals surface area contributed by atoms with Crippen molar-refractivity contribution in [2.24, 2.45) is 4.99 Å². The molecule has 0 aliphatic carbocycles. The van der Waals surface area contributed by atoms with Gasteiger partial charge in [0.25, 0.3) is 5.91 Å². The van der Waals surface area contributed by atoms with Gasteiger partial charge in [0.05, 0.1) is 18.6 Å². The Morgan fingerprint density at radius 3 is 2.64 bits per heavy atom. The summed E-state index contributed by atoms with van der Waals surface area (Å²) >= 11 is 1.31. The number of thioether (sulfide) groups is 1. The third-order valence-corrected chi connectivity index (χ3v) is 4.36. The molecular formula is C19H18N2O3S. The maximum Gasteiger partial charge on any atom is 0.264 e. The van der Waals surface area contributed by atoms with Crippen LogP contribution in [0.15, 0.2) is 58.4 Å². The number of para-hydroxylation sites is 2. The number of nitrogens with zero attached hydrogens (tertiary/aromatic N) is 1. The van der Waals surface area contributed by atoms with Crippen molar-refractivity contribution >= 4 is 34.6 Å². The second-order valence-electron chi connectivity index (χ2n) is 5.16. The molecule has 0 saturated carbocycles. The highest BCUT2D eigenvalue weighted by Gasteiger charge is 2.24. The minimum absolute atomic E-state index is 0.159. The molecule has 1 heterocycles. The van der Waals surface area contributed by atoms with Crippen LogP contribution in [-0.2, 0) is 4.79 Å². The third-order valence-electron chi connectivity index (χ3n) is 3.45. The molecule has 1 aliphatic heterocycles. The highest BCUT2D eigenvalue weighted by atomic mass is 32.2. The Hall–Kier alpha value is -2.73. The van der Waals surface area contributed by atoms with Gasteiger partial charge in [0, 0.05) is 0 Å². The van der Waals surface area contributed by atoms with E-state index < -0.39 is 0 Å². The molecule has 0 bridgehead atoms. The fourth-order valence-electron chi connectivity index (χ4n) is 2.27. The first kappa shape index (κ1) is 17.1. The van der Waals surface area contributed by atoms with Gasteiger partial charge in [0.1, 0.15) is 17.2 Å². The van der Waals surface area contributed by atoms with E-state index in [9.17, 15) is 4.79 Å². The van der Waals surface area contributed by atoms with Crippen LogP contribution in [0.25, 0.3) is 6.08 Å². The number of nitrogens with one attached hydrogen (secondary N) is 1. The number of benzene rings is 2. The van der Waals surface area contributed by atoms with Crippen LogP contribution < -0.4 is 14.8 Å². The predicted octanol–water partition coefficient (Wildman–Crippen LogP) is 3.99. The Balaban J connectivity index is 1.81. The lowest BCUT2D eigenvalue weighted by Crippen LogP contribution is -2.19. The van der Waals surface area contributed by atoms with Crippen molar-refractivity contribution in [3.05, 3.63) is 59.0 Å². The van der Waals surface area contributed by atoms with Crippen LogP contribution in [0.4, 0.5) is 5.69 Å². The average Bonchev–Trinajstić information content (AvgIpc) is 2.97. The molecule has 5 nitrogen and oxygen atoms in total. The molecule has 0 radical (unpaired) electrons. The molecule has 1 saturated heterocycles. The van der Waals surface area contributed by atoms with E-state index in [4.69, 9.17) is 9.47 Å². The van der Waals surface area contributed by atoms with Crippen LogP contribution in [0.1, 0.15) is 12.5 Å². The van der Waals surface area contributed by atoms with E-state index in [1.165, 1.54) is 11.8 Å². The lowest BCUT2D eigenvalue weighted by Gasteiger charge is -2.06. The number of rotatable bonds is 5. The molecular weight excluding hydrogens is 336 g/mol. The van der Waals surface area contributed by atoms with Gasteiger partial charge in [0.2, 0.25) is 0 Å². The Bertz CT molecular complexity index is 829. The first-order valence-electron chi connectivity index (χ1n) is 7.85. The molecule has 0 atom stereocenters. The number of amides is 1. The van der Waals surface area contributed by atoms with Gasteiger partial charge < -0.3 is 14.8 Å². The summed E-state index contributed by atoms with van der Waals surface area (Å²) in [6.45, 7) is 2.48. The Labute approximate surface area is 150 Å². The Morgan fingerprint density at radius 2 is 1.92 bits per heavy atom. The molecule has 1 amide bonds. The summed E-state index contributed by atoms with van der Waals surface area (Å²) in [6.07, 6.45) is 1.83. The monoisotopic (exact) mass is 354 g/mol. The summed E-state index contributed by atoms with van der Waals surface area (Å²) in [5, 5.41) is 3.33. The van der Waals surface area contributed by atoms with Crippen molar-refractivity contribution in [2.75, 3.05) is 13.7 Å². The smallest absolute Gasteiger partial charge is 0.264 e. The fraction of sp³-hybridized carbons (Fsp3) is 0.158. The molecule has 1 fully saturated rings. The first-order valence-corrected chi connectivity index (χ1v) is 8.66. The molecule has 0 aromatic heterocycles. The number of methoxy groups -OCH3 is 1. The van der Waals surface area contributed by atoms with Crippen LogP contribution >= 0.6 is 11.8 Å². The number of hydrogen-bond acceptors (Lipinski definition) is 5. The molecule has 1 N–H and O–H groups in total. The molecule has 25 heavy (non-hydrogen) atoms. The van der Waals surface area contributed by atoms with Crippen molar-refractivity contribution < 1.29 is 14.3 Å². The Kier molecular flexibility index (Phi) is 5.40. The maximum absolute atomic E-state index is 12.2. The van der Waals surface area contributed by atoms with E-state index in [1.807, 2.05) is 61.5 Å². The molecule has 0 unspecified atom stereocenters. The van der Waals surface area contributed by atoms with Crippen molar-refractivity contribution in [3.63, 3.8) is 0 Å². The van der Waals surface area contributed by atoms with E-state index >= 15 is 0 Å². The van der Waals surface area contributed by atoms with E-state index in [-0.39, 0.29) is 5.91 Å². The third kappa shape index (κ3) is 4.22. The zero-order valence-corrected chi connectivity index (χ0v) is 14.8. The van der Waals surface area contributed by atoms with E-state index in [1.54, 1.807) is 7.11 Å². The van der Waals surface area contributed by atoms with Gasteiger partial charge >= 0.3 is 0 Å². The molecule has 2 aromatic carbocycles. The highest BCUT2D eigenvalue weighted by molar-refractivity contribution is 8.18. The van der Waals surface area contributed by atoms with Gasteiger partial charge in [-0.25, -0.2) is 4.99 Å². The quantitative estimate of drug-likeness (QED) is 0.825. The normalized spacial score (nSPS) is 17.0. The summed E-state index contributed by atoms with van der Waals surface area (Å²) in [5.74, 6) is 1.31. The topological polar surface area (TPSA) is 59.9 Å². The first-order chi connectivity index (χ1) is 12.2. The van der Waals surface area contributed by atoms with Gasteiger partial charge in [0.15, 0.2) is 5.17 Å². The lowest BCUT2D eigenvalue weighted by atomic mass is 10.2. The molecule has 128 valence electrons. The number of hydrogen-bond donors (Lipinski definition) is 1. The minimum atomic E-state index is -0.159. The average molecular weight is 354 g/mol. The summed E-state index contributed by atoms with van der Waals surface area (Å²) in [6, 6.07) is 15.0. The zero-order valence-electron chi connectivity index (χ0n) is 14.0. The van der Waals surface area contributed by atoms with Crippen LogP contribution in [0, 0.1) is 0 Å². The number of ether oxygens (including phenoxy) is 2. The highest BCUT2D eigenvalue weighted by Crippen LogP contribution is 2.32. The fourth-order valence-corrected chi connectivity index (χ4v) is 3.10. The second-order valence-corrected chi connectivity index (χ2v) is 6.19. The van der Waals surface area contributed by atoms with Gasteiger partial charge in [-0.15, -0.1) is 0 Å². The summed E-state index contributed by atoms with van der Waals surface area (Å²) < 4.78 is 10.7. The maximum atomic E-state index is 12.2. The van der Waals surface area contributed by atoms with Crippen LogP contribution in [-0.4, -0.2) is 24.8 Å². The van der Waals surface area contributed by atoms with Gasteiger partial charge in [-0.3, -0.25) is 4.79 Å². The van der Waals surface area contributed by atoms with E-state index in [2.05, 4.69) is 10.3 Å². The zero-order chi connectivity index (χ0) is 17.6. The van der Waals surface area contributed by atoms with Crippen molar-refractivity contribution in [3.8, 4) is 11.5 Å². The summed E-state index contributed by atoms with van der Waals surface area (Å²) in [5.41, 5.74) is 1.62. The summed E-state index contributed by atoms with van der Waals surface area (Å²) in [4.78, 5) is 17.3. The predicted molar refractivity (Wildman–Crippen MR) is 101 cm³/mol. The largest absolute Gasteiger partial charge is 0.497 e. The number of aliphatic imine (C=N–C) groups is 1. The van der Waals surface area contributed by atoms with Crippen LogP contribution in [0.5, 0.6) is 11.5 Å². The van der Waals surface area contributed by atoms with Crippen molar-refractivity contribution in [1.29, 1.82) is 0 Å². The van der Waals surface area contributed by atoms with Gasteiger partial charge in [-0.2, -0.15) is 0 Å². The second kappa shape index (κ2) is 7.90. The van der Waals surface area contributed by atoms with Crippen molar-refractivity contribution in [1.82, 2.24) is 5.32 Å². The van der Waals surface area contributed by atoms with E-state index in [0.717, 1.165) is 11.3 Å². The lowest BCUT2D eigenvalue weighted by molar-refractivity contribution is -0.115. The minimum Gasteiger partial charge on any atom is -0.497 e. The van der Waals surface area contributed by atoms with Crippen LogP contribution in [0.3, 0.4) is 0 Å². The summed E-state index contributed by atoms with van der Waals surface area (Å²) in [7, 11) is 1.62. The molecule has 3 rings (SSSR count). The number of carbonyl (C=O) groups is 1. The SMILES string of the molecule is CCOc1ccccc1N=C1NC(=O)C(=Cc2ccc(OC)cc2)S1.